The second-order valence-electron chi connectivity index (χ2n) is 4.24. The standard InChI is InChI=1S/C14H15BrN4O/c1-2-7-19-14(20)13(15)12(9-18-19)17-8-10-3-5-11(16)6-4-10/h2-6,9,17H,1,7-8,16H2. The Bertz CT molecular complexity index is 664. The highest BCUT2D eigenvalue weighted by Crippen LogP contribution is 2.17. The molecule has 104 valence electrons. The molecule has 0 saturated heterocycles. The van der Waals surface area contributed by atoms with Crippen molar-refractivity contribution in [3.05, 3.63) is 63.5 Å². The number of allylic oxidation sites excluding steroid dienone is 1. The zero-order valence-electron chi connectivity index (χ0n) is 10.8. The van der Waals surface area contributed by atoms with Gasteiger partial charge in [0.2, 0.25) is 0 Å². The summed E-state index contributed by atoms with van der Waals surface area (Å²) in [5.41, 5.74) is 7.90. The van der Waals surface area contributed by atoms with Gasteiger partial charge >= 0.3 is 0 Å². The van der Waals surface area contributed by atoms with Gasteiger partial charge in [0.15, 0.2) is 0 Å². The van der Waals surface area contributed by atoms with Gasteiger partial charge < -0.3 is 11.1 Å². The van der Waals surface area contributed by atoms with Crippen molar-refractivity contribution in [2.24, 2.45) is 0 Å². The van der Waals surface area contributed by atoms with E-state index in [2.05, 4.69) is 32.9 Å². The van der Waals surface area contributed by atoms with Gasteiger partial charge in [-0.05, 0) is 33.6 Å². The fourth-order valence-electron chi connectivity index (χ4n) is 1.67. The summed E-state index contributed by atoms with van der Waals surface area (Å²) < 4.78 is 1.80. The quantitative estimate of drug-likeness (QED) is 0.650. The number of rotatable bonds is 5. The molecule has 0 radical (unpaired) electrons. The Hall–Kier alpha value is -2.08. The minimum Gasteiger partial charge on any atom is -0.399 e. The molecule has 0 atom stereocenters. The molecule has 2 aromatic rings. The van der Waals surface area contributed by atoms with Crippen molar-refractivity contribution in [1.82, 2.24) is 9.78 Å². The van der Waals surface area contributed by atoms with Gasteiger partial charge in [0.25, 0.3) is 5.56 Å². The van der Waals surface area contributed by atoms with Crippen LogP contribution in [0.15, 0.2) is 52.4 Å². The van der Waals surface area contributed by atoms with Crippen LogP contribution >= 0.6 is 15.9 Å². The van der Waals surface area contributed by atoms with Gasteiger partial charge in [-0.2, -0.15) is 5.10 Å². The summed E-state index contributed by atoms with van der Waals surface area (Å²) in [5.74, 6) is 0. The summed E-state index contributed by atoms with van der Waals surface area (Å²) in [6, 6.07) is 7.55. The van der Waals surface area contributed by atoms with E-state index in [0.717, 1.165) is 11.3 Å². The van der Waals surface area contributed by atoms with Crippen LogP contribution in [0, 0.1) is 0 Å². The second kappa shape index (κ2) is 6.38. The SMILES string of the molecule is C=CCn1ncc(NCc2ccc(N)cc2)c(Br)c1=O. The molecule has 1 heterocycles. The Labute approximate surface area is 125 Å². The highest BCUT2D eigenvalue weighted by molar-refractivity contribution is 9.10. The van der Waals surface area contributed by atoms with Crippen LogP contribution in [0.4, 0.5) is 11.4 Å². The van der Waals surface area contributed by atoms with Crippen LogP contribution < -0.4 is 16.6 Å². The van der Waals surface area contributed by atoms with Crippen molar-refractivity contribution in [3.63, 3.8) is 0 Å². The first-order chi connectivity index (χ1) is 9.61. The lowest BCUT2D eigenvalue weighted by Crippen LogP contribution is -2.23. The summed E-state index contributed by atoms with van der Waals surface area (Å²) in [7, 11) is 0. The number of nitrogens with one attached hydrogen (secondary N) is 1. The highest BCUT2D eigenvalue weighted by atomic mass is 79.9. The Balaban J connectivity index is 2.14. The first-order valence-electron chi connectivity index (χ1n) is 6.06. The molecule has 2 rings (SSSR count). The van der Waals surface area contributed by atoms with E-state index in [-0.39, 0.29) is 5.56 Å². The fourth-order valence-corrected chi connectivity index (χ4v) is 2.12. The molecule has 1 aromatic heterocycles. The first-order valence-corrected chi connectivity index (χ1v) is 6.86. The molecule has 20 heavy (non-hydrogen) atoms. The van der Waals surface area contributed by atoms with Crippen molar-refractivity contribution in [2.75, 3.05) is 11.1 Å². The third-order valence-electron chi connectivity index (χ3n) is 2.75. The normalized spacial score (nSPS) is 10.2. The molecule has 1 aromatic carbocycles. The Morgan fingerprint density at radius 3 is 2.75 bits per heavy atom. The maximum Gasteiger partial charge on any atom is 0.283 e. The average molecular weight is 335 g/mol. The molecule has 0 fully saturated rings. The number of hydrogen-bond acceptors (Lipinski definition) is 4. The maximum atomic E-state index is 12.0. The van der Waals surface area contributed by atoms with E-state index in [0.29, 0.717) is 23.2 Å². The average Bonchev–Trinajstić information content (AvgIpc) is 2.45. The van der Waals surface area contributed by atoms with Gasteiger partial charge in [-0.15, -0.1) is 6.58 Å². The van der Waals surface area contributed by atoms with Gasteiger partial charge in [-0.3, -0.25) is 4.79 Å². The summed E-state index contributed by atoms with van der Waals surface area (Å²) >= 11 is 3.30. The van der Waals surface area contributed by atoms with Crippen molar-refractivity contribution in [3.8, 4) is 0 Å². The van der Waals surface area contributed by atoms with E-state index in [1.54, 1.807) is 12.3 Å². The monoisotopic (exact) mass is 334 g/mol. The number of halogens is 1. The lowest BCUT2D eigenvalue weighted by atomic mass is 10.2. The molecule has 0 amide bonds. The predicted molar refractivity (Wildman–Crippen MR) is 84.6 cm³/mol. The molecule has 0 aliphatic carbocycles. The van der Waals surface area contributed by atoms with Crippen molar-refractivity contribution in [1.29, 1.82) is 0 Å². The summed E-state index contributed by atoms with van der Waals surface area (Å²) in [4.78, 5) is 12.0. The van der Waals surface area contributed by atoms with E-state index < -0.39 is 0 Å². The smallest absolute Gasteiger partial charge is 0.283 e. The van der Waals surface area contributed by atoms with Crippen LogP contribution in [0.3, 0.4) is 0 Å². The fraction of sp³-hybridized carbons (Fsp3) is 0.143. The topological polar surface area (TPSA) is 72.9 Å². The molecular weight excluding hydrogens is 320 g/mol. The van der Waals surface area contributed by atoms with Gasteiger partial charge in [-0.25, -0.2) is 4.68 Å². The minimum absolute atomic E-state index is 0.188. The number of nitrogen functional groups attached to an aromatic ring is 1. The van der Waals surface area contributed by atoms with Crippen molar-refractivity contribution >= 4 is 27.3 Å². The van der Waals surface area contributed by atoms with E-state index in [4.69, 9.17) is 5.73 Å². The summed E-state index contributed by atoms with van der Waals surface area (Å²) in [5, 5.41) is 7.25. The molecule has 5 nitrogen and oxygen atoms in total. The largest absolute Gasteiger partial charge is 0.399 e. The molecule has 0 unspecified atom stereocenters. The van der Waals surface area contributed by atoms with E-state index in [1.807, 2.05) is 24.3 Å². The van der Waals surface area contributed by atoms with E-state index in [1.165, 1.54) is 4.68 Å². The van der Waals surface area contributed by atoms with Crippen LogP contribution in [0.5, 0.6) is 0 Å². The number of benzene rings is 1. The Morgan fingerprint density at radius 1 is 1.40 bits per heavy atom. The second-order valence-corrected chi connectivity index (χ2v) is 5.04. The van der Waals surface area contributed by atoms with Crippen LogP contribution in [0.25, 0.3) is 0 Å². The molecule has 0 spiro atoms. The van der Waals surface area contributed by atoms with E-state index in [9.17, 15) is 4.79 Å². The molecule has 0 saturated carbocycles. The number of anilines is 2. The van der Waals surface area contributed by atoms with Crippen molar-refractivity contribution in [2.45, 2.75) is 13.1 Å². The van der Waals surface area contributed by atoms with Gasteiger partial charge in [0.05, 0.1) is 18.4 Å². The summed E-state index contributed by atoms with van der Waals surface area (Å²) in [6.45, 7) is 4.56. The van der Waals surface area contributed by atoms with Gasteiger partial charge in [0, 0.05) is 12.2 Å². The molecule has 0 aliphatic heterocycles. The molecule has 3 N–H and O–H groups in total. The molecule has 0 aliphatic rings. The third kappa shape index (κ3) is 3.27. The summed E-state index contributed by atoms with van der Waals surface area (Å²) in [6.07, 6.45) is 3.24. The van der Waals surface area contributed by atoms with Crippen LogP contribution in [-0.2, 0) is 13.1 Å². The molecular formula is C14H15BrN4O. The number of aromatic nitrogens is 2. The Morgan fingerprint density at radius 2 is 2.10 bits per heavy atom. The predicted octanol–water partition coefficient (Wildman–Crippen LogP) is 2.39. The third-order valence-corrected chi connectivity index (χ3v) is 3.52. The number of nitrogens with two attached hydrogens (primary N) is 1. The Kier molecular flexibility index (Phi) is 4.57. The zero-order chi connectivity index (χ0) is 14.5. The van der Waals surface area contributed by atoms with Crippen LogP contribution in [-0.4, -0.2) is 9.78 Å². The first kappa shape index (κ1) is 14.3. The maximum absolute atomic E-state index is 12.0. The van der Waals surface area contributed by atoms with Crippen LogP contribution in [0.2, 0.25) is 0 Å². The van der Waals surface area contributed by atoms with E-state index >= 15 is 0 Å². The number of hydrogen-bond donors (Lipinski definition) is 2. The lowest BCUT2D eigenvalue weighted by molar-refractivity contribution is 0.649. The molecule has 0 bridgehead atoms. The van der Waals surface area contributed by atoms with Crippen LogP contribution in [0.1, 0.15) is 5.56 Å². The molecule has 6 heteroatoms. The minimum atomic E-state index is -0.188. The lowest BCUT2D eigenvalue weighted by Gasteiger charge is -2.09. The van der Waals surface area contributed by atoms with Crippen molar-refractivity contribution < 1.29 is 0 Å². The number of nitrogens with zero attached hydrogens (tertiary/aromatic N) is 2. The van der Waals surface area contributed by atoms with Gasteiger partial charge in [0.1, 0.15) is 4.47 Å². The highest BCUT2D eigenvalue weighted by Gasteiger charge is 2.07. The zero-order valence-corrected chi connectivity index (χ0v) is 12.4. The van der Waals surface area contributed by atoms with Gasteiger partial charge in [-0.1, -0.05) is 18.2 Å².